The zero-order chi connectivity index (χ0) is 10.5. The van der Waals surface area contributed by atoms with Gasteiger partial charge in [-0.1, -0.05) is 12.8 Å². The van der Waals surface area contributed by atoms with Crippen molar-refractivity contribution in [2.75, 3.05) is 0 Å². The van der Waals surface area contributed by atoms with E-state index in [9.17, 15) is 0 Å². The molecule has 0 spiro atoms. The molecule has 0 unspecified atom stereocenters. The minimum atomic E-state index is 0. The lowest BCUT2D eigenvalue weighted by Crippen LogP contribution is -2.38. The third-order valence-corrected chi connectivity index (χ3v) is 3.34. The van der Waals surface area contributed by atoms with Crippen LogP contribution in [0.5, 0.6) is 0 Å². The van der Waals surface area contributed by atoms with Crippen LogP contribution in [-0.2, 0) is 6.54 Å². The molecule has 3 N–H and O–H groups in total. The van der Waals surface area contributed by atoms with Crippen LogP contribution in [0.4, 0.5) is 0 Å². The van der Waals surface area contributed by atoms with Crippen molar-refractivity contribution < 1.29 is 0 Å². The first-order chi connectivity index (χ1) is 7.34. The molecular weight excluding hydrogens is 335 g/mol. The smallest absolute Gasteiger partial charge is 0.189 e. The highest BCUT2D eigenvalue weighted by molar-refractivity contribution is 14.0. The molecule has 6 heteroatoms. The lowest BCUT2D eigenvalue weighted by Gasteiger charge is -2.11. The van der Waals surface area contributed by atoms with Crippen molar-refractivity contribution in [2.24, 2.45) is 10.7 Å². The molecule has 4 nitrogen and oxygen atoms in total. The number of halogens is 1. The van der Waals surface area contributed by atoms with Crippen LogP contribution in [0.2, 0.25) is 0 Å². The number of rotatable bonds is 3. The van der Waals surface area contributed by atoms with Crippen LogP contribution in [0.15, 0.2) is 16.6 Å². The van der Waals surface area contributed by atoms with Crippen LogP contribution in [0.3, 0.4) is 0 Å². The molecule has 2 rings (SSSR count). The quantitative estimate of drug-likeness (QED) is 0.498. The van der Waals surface area contributed by atoms with Crippen molar-refractivity contribution in [3.8, 4) is 0 Å². The summed E-state index contributed by atoms with van der Waals surface area (Å²) in [5.41, 5.74) is 5.79. The highest BCUT2D eigenvalue weighted by atomic mass is 127. The zero-order valence-electron chi connectivity index (χ0n) is 9.06. The summed E-state index contributed by atoms with van der Waals surface area (Å²) in [4.78, 5) is 8.41. The lowest BCUT2D eigenvalue weighted by atomic mass is 10.2. The van der Waals surface area contributed by atoms with E-state index in [0.717, 1.165) is 5.01 Å². The third-order valence-electron chi connectivity index (χ3n) is 2.58. The van der Waals surface area contributed by atoms with Crippen LogP contribution in [-0.4, -0.2) is 17.0 Å². The number of nitrogens with two attached hydrogens (primary N) is 1. The molecule has 1 aliphatic carbocycles. The monoisotopic (exact) mass is 352 g/mol. The average Bonchev–Trinajstić information content (AvgIpc) is 2.86. The fraction of sp³-hybridized carbons (Fsp3) is 0.600. The topological polar surface area (TPSA) is 63.3 Å². The molecule has 1 aliphatic rings. The van der Waals surface area contributed by atoms with E-state index in [1.807, 2.05) is 5.38 Å². The highest BCUT2D eigenvalue weighted by Crippen LogP contribution is 2.17. The third kappa shape index (κ3) is 4.25. The molecule has 0 aliphatic heterocycles. The Morgan fingerprint density at radius 1 is 1.56 bits per heavy atom. The number of aromatic nitrogens is 1. The Morgan fingerprint density at radius 2 is 2.31 bits per heavy atom. The summed E-state index contributed by atoms with van der Waals surface area (Å²) in [6.45, 7) is 0.587. The summed E-state index contributed by atoms with van der Waals surface area (Å²) in [5, 5.41) is 6.20. The van der Waals surface area contributed by atoms with Gasteiger partial charge in [-0.2, -0.15) is 0 Å². The molecule has 1 heterocycles. The van der Waals surface area contributed by atoms with Gasteiger partial charge in [-0.3, -0.25) is 0 Å². The number of guanidine groups is 1. The second-order valence-corrected chi connectivity index (χ2v) is 4.73. The summed E-state index contributed by atoms with van der Waals surface area (Å²) in [7, 11) is 0. The van der Waals surface area contributed by atoms with E-state index in [2.05, 4.69) is 15.3 Å². The Morgan fingerprint density at radius 3 is 2.94 bits per heavy atom. The molecule has 16 heavy (non-hydrogen) atoms. The predicted octanol–water partition coefficient (Wildman–Crippen LogP) is 2.11. The summed E-state index contributed by atoms with van der Waals surface area (Å²) >= 11 is 1.61. The predicted molar refractivity (Wildman–Crippen MR) is 78.2 cm³/mol. The van der Waals surface area contributed by atoms with Gasteiger partial charge < -0.3 is 11.1 Å². The van der Waals surface area contributed by atoms with Gasteiger partial charge in [-0.15, -0.1) is 35.3 Å². The van der Waals surface area contributed by atoms with Crippen molar-refractivity contribution in [1.29, 1.82) is 0 Å². The molecule has 0 aromatic carbocycles. The largest absolute Gasteiger partial charge is 0.370 e. The van der Waals surface area contributed by atoms with Crippen molar-refractivity contribution in [1.82, 2.24) is 10.3 Å². The number of hydrogen-bond donors (Lipinski definition) is 2. The zero-order valence-corrected chi connectivity index (χ0v) is 12.2. The number of thiazole rings is 1. The van der Waals surface area contributed by atoms with Gasteiger partial charge in [0.2, 0.25) is 0 Å². The van der Waals surface area contributed by atoms with E-state index in [4.69, 9.17) is 5.73 Å². The Kier molecular flexibility index (Phi) is 6.04. The van der Waals surface area contributed by atoms with Crippen LogP contribution >= 0.6 is 35.3 Å². The maximum atomic E-state index is 5.79. The van der Waals surface area contributed by atoms with Crippen LogP contribution in [0, 0.1) is 0 Å². The standard InChI is InChI=1S/C10H16N4S.HI/c11-10(14-8-3-1-2-4-8)13-7-9-12-5-6-15-9;/h5-6,8H,1-4,7H2,(H3,11,13,14);1H. The minimum Gasteiger partial charge on any atom is -0.370 e. The van der Waals surface area contributed by atoms with E-state index in [-0.39, 0.29) is 24.0 Å². The van der Waals surface area contributed by atoms with E-state index < -0.39 is 0 Å². The average molecular weight is 352 g/mol. The number of nitrogens with zero attached hydrogens (tertiary/aromatic N) is 2. The molecule has 0 saturated heterocycles. The molecule has 0 amide bonds. The van der Waals surface area contributed by atoms with Gasteiger partial charge in [0.05, 0.1) is 6.54 Å². The highest BCUT2D eigenvalue weighted by Gasteiger charge is 2.14. The Hall–Kier alpha value is -0.370. The van der Waals surface area contributed by atoms with Gasteiger partial charge >= 0.3 is 0 Å². The maximum absolute atomic E-state index is 5.79. The van der Waals surface area contributed by atoms with Crippen molar-refractivity contribution in [3.63, 3.8) is 0 Å². The van der Waals surface area contributed by atoms with Crippen LogP contribution < -0.4 is 11.1 Å². The summed E-state index contributed by atoms with van der Waals surface area (Å²) in [6.07, 6.45) is 6.83. The first-order valence-electron chi connectivity index (χ1n) is 5.29. The van der Waals surface area contributed by atoms with Gasteiger partial charge in [-0.25, -0.2) is 9.98 Å². The first-order valence-corrected chi connectivity index (χ1v) is 6.17. The van der Waals surface area contributed by atoms with Gasteiger partial charge in [0.1, 0.15) is 5.01 Å². The summed E-state index contributed by atoms with van der Waals surface area (Å²) in [6, 6.07) is 0.532. The fourth-order valence-corrected chi connectivity index (χ4v) is 2.35. The Balaban J connectivity index is 0.00000128. The maximum Gasteiger partial charge on any atom is 0.189 e. The lowest BCUT2D eigenvalue weighted by molar-refractivity contribution is 0.625. The first kappa shape index (κ1) is 13.7. The van der Waals surface area contributed by atoms with E-state index in [0.29, 0.717) is 18.5 Å². The summed E-state index contributed by atoms with van der Waals surface area (Å²) < 4.78 is 0. The van der Waals surface area contributed by atoms with Gasteiger partial charge in [0, 0.05) is 17.6 Å². The molecule has 0 bridgehead atoms. The van der Waals surface area contributed by atoms with Gasteiger partial charge in [-0.05, 0) is 12.8 Å². The molecule has 1 fully saturated rings. The van der Waals surface area contributed by atoms with E-state index >= 15 is 0 Å². The number of aliphatic imine (C=N–C) groups is 1. The SMILES string of the molecule is I.NC(=NCc1nccs1)NC1CCCC1. The van der Waals surface area contributed by atoms with Crippen molar-refractivity contribution >= 4 is 41.3 Å². The van der Waals surface area contributed by atoms with Crippen molar-refractivity contribution in [3.05, 3.63) is 16.6 Å². The molecule has 1 aromatic rings. The van der Waals surface area contributed by atoms with Crippen LogP contribution in [0.25, 0.3) is 0 Å². The Labute approximate surface area is 117 Å². The minimum absolute atomic E-state index is 0. The van der Waals surface area contributed by atoms with E-state index in [1.54, 1.807) is 17.5 Å². The second-order valence-electron chi connectivity index (χ2n) is 3.75. The van der Waals surface area contributed by atoms with Crippen molar-refractivity contribution in [2.45, 2.75) is 38.3 Å². The molecule has 1 aromatic heterocycles. The second kappa shape index (κ2) is 7.05. The molecular formula is C10H17IN4S. The summed E-state index contributed by atoms with van der Waals surface area (Å²) in [5.74, 6) is 0.553. The van der Waals surface area contributed by atoms with Gasteiger partial charge in [0.25, 0.3) is 0 Å². The van der Waals surface area contributed by atoms with E-state index in [1.165, 1.54) is 25.7 Å². The number of nitrogens with one attached hydrogen (secondary N) is 1. The van der Waals surface area contributed by atoms with Gasteiger partial charge in [0.15, 0.2) is 5.96 Å². The normalized spacial score (nSPS) is 17.1. The molecule has 1 saturated carbocycles. The Bertz CT molecular complexity index is 320. The molecule has 0 atom stereocenters. The molecule has 90 valence electrons. The number of hydrogen-bond acceptors (Lipinski definition) is 3. The van der Waals surface area contributed by atoms with Crippen LogP contribution in [0.1, 0.15) is 30.7 Å². The molecule has 0 radical (unpaired) electrons. The fourth-order valence-electron chi connectivity index (χ4n) is 1.81.